The molecule has 0 spiro atoms. The van der Waals surface area contributed by atoms with Gasteiger partial charge in [0.2, 0.25) is 0 Å². The number of thiazole rings is 2. The molecule has 0 aliphatic heterocycles. The van der Waals surface area contributed by atoms with Gasteiger partial charge in [0.25, 0.3) is 0 Å². The van der Waals surface area contributed by atoms with Gasteiger partial charge in [0, 0.05) is 12.4 Å². The van der Waals surface area contributed by atoms with Crippen molar-refractivity contribution in [1.82, 2.24) is 9.97 Å². The molecular formula is C36H22N2S2. The van der Waals surface area contributed by atoms with Crippen molar-refractivity contribution in [1.29, 1.82) is 0 Å². The Labute approximate surface area is 239 Å². The lowest BCUT2D eigenvalue weighted by molar-refractivity contribution is 1.38. The van der Waals surface area contributed by atoms with Crippen molar-refractivity contribution >= 4 is 77.9 Å². The Morgan fingerprint density at radius 2 is 0.775 bits per heavy atom. The summed E-state index contributed by atoms with van der Waals surface area (Å²) in [5, 5.41) is 12.0. The Kier molecular flexibility index (Phi) is 5.54. The summed E-state index contributed by atoms with van der Waals surface area (Å²) in [6.07, 6.45) is 8.08. The van der Waals surface area contributed by atoms with Gasteiger partial charge in [-0.1, -0.05) is 72.8 Å². The number of nitrogens with zero attached hydrogens (tertiary/aromatic N) is 2. The number of hydrogen-bond donors (Lipinski definition) is 0. The van der Waals surface area contributed by atoms with Gasteiger partial charge in [-0.2, -0.15) is 0 Å². The molecule has 0 saturated heterocycles. The van der Waals surface area contributed by atoms with E-state index in [1.807, 2.05) is 12.4 Å². The summed E-state index contributed by atoms with van der Waals surface area (Å²) < 4.78 is 0. The average Bonchev–Trinajstić information content (AvgIpc) is 3.67. The molecule has 188 valence electrons. The van der Waals surface area contributed by atoms with Gasteiger partial charge >= 0.3 is 0 Å². The third-order valence-electron chi connectivity index (χ3n) is 7.39. The fraction of sp³-hybridized carbons (Fsp3) is 0. The second kappa shape index (κ2) is 9.53. The first kappa shape index (κ1) is 23.3. The van der Waals surface area contributed by atoms with Gasteiger partial charge in [0.1, 0.15) is 10.0 Å². The average molecular weight is 547 g/mol. The van der Waals surface area contributed by atoms with E-state index < -0.39 is 0 Å². The van der Waals surface area contributed by atoms with Crippen LogP contribution in [0, 0.1) is 0 Å². The van der Waals surface area contributed by atoms with Crippen LogP contribution < -0.4 is 0 Å². The maximum atomic E-state index is 4.67. The van der Waals surface area contributed by atoms with Crippen molar-refractivity contribution in [3.63, 3.8) is 0 Å². The fourth-order valence-corrected chi connectivity index (χ4v) is 6.96. The highest BCUT2D eigenvalue weighted by Gasteiger charge is 2.08. The molecule has 0 amide bonds. The van der Waals surface area contributed by atoms with Crippen LogP contribution in [0.2, 0.25) is 0 Å². The quantitative estimate of drug-likeness (QED) is 0.205. The molecule has 40 heavy (non-hydrogen) atoms. The largest absolute Gasteiger partial charge is 0.245 e. The monoisotopic (exact) mass is 546 g/mol. The predicted molar refractivity (Wildman–Crippen MR) is 174 cm³/mol. The molecule has 2 heterocycles. The molecule has 0 saturated carbocycles. The van der Waals surface area contributed by atoms with E-state index in [1.165, 1.54) is 64.0 Å². The van der Waals surface area contributed by atoms with Gasteiger partial charge in [-0.05, 0) is 103 Å². The lowest BCUT2D eigenvalue weighted by Crippen LogP contribution is -1.78. The lowest BCUT2D eigenvalue weighted by Gasteiger charge is -2.04. The van der Waals surface area contributed by atoms with Crippen molar-refractivity contribution in [3.8, 4) is 20.9 Å². The number of aromatic nitrogens is 2. The predicted octanol–water partition coefficient (Wildman–Crippen LogP) is 10.7. The third kappa shape index (κ3) is 4.28. The molecule has 0 unspecified atom stereocenters. The highest BCUT2D eigenvalue weighted by molar-refractivity contribution is 7.16. The summed E-state index contributed by atoms with van der Waals surface area (Å²) in [6, 6.07) is 39.4. The van der Waals surface area contributed by atoms with Crippen LogP contribution in [0.4, 0.5) is 0 Å². The normalized spacial score (nSPS) is 11.9. The van der Waals surface area contributed by atoms with E-state index in [4.69, 9.17) is 0 Å². The smallest absolute Gasteiger partial charge is 0.116 e. The Balaban J connectivity index is 1.04. The van der Waals surface area contributed by atoms with Crippen LogP contribution in [0.25, 0.3) is 76.1 Å². The maximum Gasteiger partial charge on any atom is 0.116 e. The zero-order chi connectivity index (χ0) is 26.5. The molecule has 8 aromatic rings. The summed E-state index contributed by atoms with van der Waals surface area (Å²) >= 11 is 3.40. The fourth-order valence-electron chi connectivity index (χ4n) is 5.33. The minimum atomic E-state index is 0.975. The van der Waals surface area contributed by atoms with Crippen molar-refractivity contribution in [3.05, 3.63) is 132 Å². The third-order valence-corrected chi connectivity index (χ3v) is 9.42. The number of benzene rings is 6. The Morgan fingerprint density at radius 3 is 1.20 bits per heavy atom. The summed E-state index contributed by atoms with van der Waals surface area (Å²) in [5.74, 6) is 0. The van der Waals surface area contributed by atoms with Gasteiger partial charge in [-0.15, -0.1) is 22.7 Å². The zero-order valence-corrected chi connectivity index (χ0v) is 23.0. The van der Waals surface area contributed by atoms with Crippen LogP contribution in [-0.4, -0.2) is 9.97 Å². The summed E-state index contributed by atoms with van der Waals surface area (Å²) in [4.78, 5) is 11.7. The zero-order valence-electron chi connectivity index (χ0n) is 21.4. The minimum absolute atomic E-state index is 0.975. The lowest BCUT2D eigenvalue weighted by atomic mass is 10.0. The summed E-state index contributed by atoms with van der Waals surface area (Å²) in [5.41, 5.74) is 2.39. The molecule has 4 heteroatoms. The van der Waals surface area contributed by atoms with Gasteiger partial charge in [0.05, 0.1) is 9.75 Å². The number of rotatable bonds is 4. The standard InChI is InChI=1S/C36H22N2S2/c1-3-7-25-17-31-19-29(11-9-27(31)15-23(25)5-1)33-21-37-35(39-33)13-14-36-38-22-34(40-36)30-12-10-28-16-24-6-2-4-8-26(24)18-32(28)20-30/h1-22H/b14-13+. The number of hydrogen-bond acceptors (Lipinski definition) is 4. The summed E-state index contributed by atoms with van der Waals surface area (Å²) in [7, 11) is 0. The van der Waals surface area contributed by atoms with Crippen LogP contribution in [0.5, 0.6) is 0 Å². The molecule has 0 N–H and O–H groups in total. The minimum Gasteiger partial charge on any atom is -0.245 e. The topological polar surface area (TPSA) is 25.8 Å². The summed E-state index contributed by atoms with van der Waals surface area (Å²) in [6.45, 7) is 0. The highest BCUT2D eigenvalue weighted by Crippen LogP contribution is 2.34. The maximum absolute atomic E-state index is 4.67. The molecular weight excluding hydrogens is 525 g/mol. The van der Waals surface area contributed by atoms with Crippen molar-refractivity contribution in [2.24, 2.45) is 0 Å². The Bertz CT molecular complexity index is 2080. The molecule has 0 atom stereocenters. The second-order valence-corrected chi connectivity index (χ2v) is 12.1. The first-order valence-electron chi connectivity index (χ1n) is 13.2. The molecule has 0 aliphatic carbocycles. The molecule has 0 radical (unpaired) electrons. The van der Waals surface area contributed by atoms with Gasteiger partial charge in [-0.25, -0.2) is 9.97 Å². The van der Waals surface area contributed by atoms with E-state index in [9.17, 15) is 0 Å². The first-order valence-corrected chi connectivity index (χ1v) is 14.8. The van der Waals surface area contributed by atoms with E-state index in [0.29, 0.717) is 0 Å². The molecule has 0 bridgehead atoms. The van der Waals surface area contributed by atoms with Crippen LogP contribution in [0.1, 0.15) is 10.0 Å². The molecule has 2 aromatic heterocycles. The molecule has 6 aromatic carbocycles. The Hall–Kier alpha value is -4.64. The molecule has 8 rings (SSSR count). The SMILES string of the molecule is C(=C\c1ncc(-c2ccc3cc4ccccc4cc3c2)s1)/c1ncc(-c2ccc3cc4ccccc4cc3c2)s1. The van der Waals surface area contributed by atoms with Crippen molar-refractivity contribution in [2.75, 3.05) is 0 Å². The second-order valence-electron chi connectivity index (χ2n) is 9.98. The van der Waals surface area contributed by atoms with E-state index in [1.54, 1.807) is 22.7 Å². The number of fused-ring (bicyclic) bond motifs is 4. The van der Waals surface area contributed by atoms with E-state index in [0.717, 1.165) is 10.0 Å². The van der Waals surface area contributed by atoms with Crippen LogP contribution in [-0.2, 0) is 0 Å². The Morgan fingerprint density at radius 1 is 0.400 bits per heavy atom. The van der Waals surface area contributed by atoms with E-state index >= 15 is 0 Å². The van der Waals surface area contributed by atoms with E-state index in [-0.39, 0.29) is 0 Å². The van der Waals surface area contributed by atoms with Crippen molar-refractivity contribution in [2.45, 2.75) is 0 Å². The molecule has 2 nitrogen and oxygen atoms in total. The van der Waals surface area contributed by atoms with Gasteiger partial charge in [-0.3, -0.25) is 0 Å². The highest BCUT2D eigenvalue weighted by atomic mass is 32.1. The van der Waals surface area contributed by atoms with Crippen LogP contribution >= 0.6 is 22.7 Å². The van der Waals surface area contributed by atoms with Crippen LogP contribution in [0.3, 0.4) is 0 Å². The van der Waals surface area contributed by atoms with Gasteiger partial charge < -0.3 is 0 Å². The first-order chi connectivity index (χ1) is 19.7. The van der Waals surface area contributed by atoms with E-state index in [2.05, 4.69) is 131 Å². The van der Waals surface area contributed by atoms with Gasteiger partial charge in [0.15, 0.2) is 0 Å². The molecule has 0 aliphatic rings. The molecule has 0 fully saturated rings. The van der Waals surface area contributed by atoms with Crippen molar-refractivity contribution < 1.29 is 0 Å². The van der Waals surface area contributed by atoms with Crippen LogP contribution in [0.15, 0.2) is 122 Å².